The van der Waals surface area contributed by atoms with Crippen molar-refractivity contribution in [2.24, 2.45) is 11.8 Å². The first-order valence-corrected chi connectivity index (χ1v) is 11.1. The predicted molar refractivity (Wildman–Crippen MR) is 131 cm³/mol. The normalized spacial score (nSPS) is 12.7. The molecule has 180 valence electrons. The van der Waals surface area contributed by atoms with Gasteiger partial charge in [0.25, 0.3) is 6.47 Å². The van der Waals surface area contributed by atoms with Gasteiger partial charge in [0.05, 0.1) is 24.5 Å². The SMILES string of the molecule is CCN(N)c1ccc([C@H](c2ccc(C)c(CO)c2)C(C)C(=O)N(C)CCOC=O)c(C)c1N. The molecule has 0 aromatic heterocycles. The van der Waals surface area contributed by atoms with Gasteiger partial charge in [0, 0.05) is 25.4 Å². The zero-order valence-electron chi connectivity index (χ0n) is 20.2. The maximum atomic E-state index is 13.3. The number of nitrogen functional groups attached to an aromatic ring is 1. The molecule has 0 saturated heterocycles. The van der Waals surface area contributed by atoms with Crippen molar-refractivity contribution in [1.29, 1.82) is 0 Å². The summed E-state index contributed by atoms with van der Waals surface area (Å²) in [6.07, 6.45) is 0. The van der Waals surface area contributed by atoms with Gasteiger partial charge in [-0.1, -0.05) is 31.2 Å². The summed E-state index contributed by atoms with van der Waals surface area (Å²) in [5.74, 6) is 5.26. The largest absolute Gasteiger partial charge is 0.466 e. The van der Waals surface area contributed by atoms with E-state index in [-0.39, 0.29) is 25.0 Å². The van der Waals surface area contributed by atoms with E-state index in [1.165, 1.54) is 0 Å². The van der Waals surface area contributed by atoms with E-state index in [0.717, 1.165) is 33.5 Å². The number of hydrazine groups is 1. The molecule has 33 heavy (non-hydrogen) atoms. The Bertz CT molecular complexity index is 979. The Labute approximate surface area is 196 Å². The number of aliphatic hydroxyl groups excluding tert-OH is 1. The molecular weight excluding hydrogens is 420 g/mol. The third kappa shape index (κ3) is 5.83. The number of hydrogen-bond acceptors (Lipinski definition) is 7. The van der Waals surface area contributed by atoms with Crippen LogP contribution in [0.5, 0.6) is 0 Å². The Balaban J connectivity index is 2.58. The molecule has 0 radical (unpaired) electrons. The summed E-state index contributed by atoms with van der Waals surface area (Å²) < 4.78 is 4.75. The number of likely N-dealkylation sites (N-methyl/N-ethyl adjacent to an activating group) is 1. The van der Waals surface area contributed by atoms with Gasteiger partial charge in [-0.2, -0.15) is 0 Å². The third-order valence-electron chi connectivity index (χ3n) is 6.30. The van der Waals surface area contributed by atoms with E-state index in [2.05, 4.69) is 0 Å². The number of carbonyl (C=O) groups is 2. The molecule has 2 rings (SSSR count). The van der Waals surface area contributed by atoms with Crippen LogP contribution in [0.4, 0.5) is 11.4 Å². The summed E-state index contributed by atoms with van der Waals surface area (Å²) >= 11 is 0. The van der Waals surface area contributed by atoms with Crippen molar-refractivity contribution >= 4 is 23.8 Å². The molecule has 0 aliphatic carbocycles. The van der Waals surface area contributed by atoms with E-state index in [0.29, 0.717) is 25.2 Å². The maximum Gasteiger partial charge on any atom is 0.293 e. The molecule has 0 aliphatic heterocycles. The van der Waals surface area contributed by atoms with Gasteiger partial charge < -0.3 is 25.5 Å². The van der Waals surface area contributed by atoms with E-state index in [9.17, 15) is 14.7 Å². The number of rotatable bonds is 11. The Morgan fingerprint density at radius 1 is 1.24 bits per heavy atom. The van der Waals surface area contributed by atoms with Gasteiger partial charge in [0.2, 0.25) is 5.91 Å². The summed E-state index contributed by atoms with van der Waals surface area (Å²) in [5, 5.41) is 11.4. The smallest absolute Gasteiger partial charge is 0.293 e. The molecule has 8 heteroatoms. The van der Waals surface area contributed by atoms with Crippen LogP contribution in [0.1, 0.15) is 47.6 Å². The summed E-state index contributed by atoms with van der Waals surface area (Å²) in [5.41, 5.74) is 12.3. The van der Waals surface area contributed by atoms with Crippen LogP contribution in [0.25, 0.3) is 0 Å². The topological polar surface area (TPSA) is 122 Å². The first-order valence-electron chi connectivity index (χ1n) is 11.1. The van der Waals surface area contributed by atoms with Gasteiger partial charge in [0.15, 0.2) is 0 Å². The number of hydrogen-bond donors (Lipinski definition) is 3. The second-order valence-corrected chi connectivity index (χ2v) is 8.34. The van der Waals surface area contributed by atoms with Crippen LogP contribution in [0.2, 0.25) is 0 Å². The third-order valence-corrected chi connectivity index (χ3v) is 6.30. The summed E-state index contributed by atoms with van der Waals surface area (Å²) in [6, 6.07) is 9.75. The fourth-order valence-electron chi connectivity index (χ4n) is 4.12. The average molecular weight is 457 g/mol. The van der Waals surface area contributed by atoms with Crippen LogP contribution in [0.15, 0.2) is 30.3 Å². The highest BCUT2D eigenvalue weighted by atomic mass is 16.5. The summed E-state index contributed by atoms with van der Waals surface area (Å²) in [4.78, 5) is 25.4. The molecule has 0 spiro atoms. The summed E-state index contributed by atoms with van der Waals surface area (Å²) in [6.45, 7) is 9.02. The zero-order chi connectivity index (χ0) is 24.7. The van der Waals surface area contributed by atoms with Crippen molar-refractivity contribution in [3.05, 3.63) is 58.1 Å². The first kappa shape index (κ1) is 26.2. The summed E-state index contributed by atoms with van der Waals surface area (Å²) in [7, 11) is 1.69. The number of anilines is 2. The first-order chi connectivity index (χ1) is 15.7. The second-order valence-electron chi connectivity index (χ2n) is 8.34. The molecule has 0 bridgehead atoms. The van der Waals surface area contributed by atoms with Crippen molar-refractivity contribution in [2.75, 3.05) is 37.5 Å². The number of carbonyl (C=O) groups excluding carboxylic acids is 2. The monoisotopic (exact) mass is 456 g/mol. The number of ether oxygens (including phenoxy) is 1. The van der Waals surface area contributed by atoms with Crippen LogP contribution >= 0.6 is 0 Å². The molecule has 2 atom stereocenters. The Morgan fingerprint density at radius 3 is 2.55 bits per heavy atom. The van der Waals surface area contributed by atoms with E-state index >= 15 is 0 Å². The van der Waals surface area contributed by atoms with Gasteiger partial charge in [-0.15, -0.1) is 0 Å². The molecule has 0 fully saturated rings. The molecule has 2 aromatic rings. The molecule has 1 amide bonds. The number of amides is 1. The van der Waals surface area contributed by atoms with Crippen LogP contribution in [-0.2, 0) is 20.9 Å². The van der Waals surface area contributed by atoms with Crippen molar-refractivity contribution < 1.29 is 19.4 Å². The van der Waals surface area contributed by atoms with Crippen molar-refractivity contribution in [2.45, 2.75) is 40.2 Å². The minimum atomic E-state index is -0.440. The molecule has 1 unspecified atom stereocenters. The molecule has 8 nitrogen and oxygen atoms in total. The van der Waals surface area contributed by atoms with Gasteiger partial charge in [-0.3, -0.25) is 9.59 Å². The van der Waals surface area contributed by atoms with Crippen LogP contribution < -0.4 is 16.6 Å². The highest BCUT2D eigenvalue weighted by Crippen LogP contribution is 2.39. The van der Waals surface area contributed by atoms with Crippen molar-refractivity contribution in [3.8, 4) is 0 Å². The lowest BCUT2D eigenvalue weighted by Crippen LogP contribution is -2.37. The van der Waals surface area contributed by atoms with Gasteiger partial charge in [-0.05, 0) is 54.7 Å². The molecule has 5 N–H and O–H groups in total. The maximum absolute atomic E-state index is 13.3. The lowest BCUT2D eigenvalue weighted by atomic mass is 9.78. The van der Waals surface area contributed by atoms with E-state index in [4.69, 9.17) is 16.3 Å². The van der Waals surface area contributed by atoms with E-state index in [1.807, 2.05) is 58.0 Å². The van der Waals surface area contributed by atoms with Crippen LogP contribution in [0, 0.1) is 19.8 Å². The Hall–Kier alpha value is -3.10. The van der Waals surface area contributed by atoms with Gasteiger partial charge in [-0.25, -0.2) is 5.84 Å². The average Bonchev–Trinajstić information content (AvgIpc) is 2.81. The number of benzene rings is 2. The molecule has 0 heterocycles. The number of aryl methyl sites for hydroxylation is 1. The van der Waals surface area contributed by atoms with Crippen LogP contribution in [-0.4, -0.2) is 49.1 Å². The zero-order valence-corrected chi connectivity index (χ0v) is 20.2. The van der Waals surface area contributed by atoms with E-state index < -0.39 is 5.92 Å². The molecular formula is C25H36N4O4. The number of nitrogens with two attached hydrogens (primary N) is 2. The Kier molecular flexibility index (Phi) is 9.25. The molecule has 0 aliphatic rings. The lowest BCUT2D eigenvalue weighted by Gasteiger charge is -2.31. The number of nitrogens with zero attached hydrogens (tertiary/aromatic N) is 2. The van der Waals surface area contributed by atoms with E-state index in [1.54, 1.807) is 17.0 Å². The van der Waals surface area contributed by atoms with Crippen LogP contribution in [0.3, 0.4) is 0 Å². The minimum Gasteiger partial charge on any atom is -0.466 e. The predicted octanol–water partition coefficient (Wildman–Crippen LogP) is 2.48. The fourth-order valence-corrected chi connectivity index (χ4v) is 4.12. The quantitative estimate of drug-likeness (QED) is 0.156. The fraction of sp³-hybridized carbons (Fsp3) is 0.440. The van der Waals surface area contributed by atoms with Gasteiger partial charge >= 0.3 is 0 Å². The second kappa shape index (κ2) is 11.7. The highest BCUT2D eigenvalue weighted by Gasteiger charge is 2.31. The van der Waals surface area contributed by atoms with Gasteiger partial charge in [0.1, 0.15) is 6.61 Å². The van der Waals surface area contributed by atoms with Crippen molar-refractivity contribution in [3.63, 3.8) is 0 Å². The lowest BCUT2D eigenvalue weighted by molar-refractivity contribution is -0.137. The molecule has 0 saturated carbocycles. The minimum absolute atomic E-state index is 0.0864. The Morgan fingerprint density at radius 2 is 1.94 bits per heavy atom. The van der Waals surface area contributed by atoms with Crippen molar-refractivity contribution in [1.82, 2.24) is 4.90 Å². The highest BCUT2D eigenvalue weighted by molar-refractivity contribution is 5.81. The standard InChI is InChI=1S/C25H36N4O4/c1-6-29(27)22-10-9-21(17(3)24(22)26)23(19-8-7-16(2)20(13-19)14-30)18(4)25(32)28(5)11-12-33-15-31/h7-10,13,15,18,23,30H,6,11-12,14,26-27H2,1-5H3/t18?,23-/m0/s1. The number of aliphatic hydroxyl groups is 1. The molecule has 2 aromatic carbocycles.